The van der Waals surface area contributed by atoms with Gasteiger partial charge in [0, 0.05) is 47.4 Å². The lowest BCUT2D eigenvalue weighted by Crippen LogP contribution is -2.26. The molecule has 1 amide bonds. The second kappa shape index (κ2) is 10.1. The number of thiazole rings is 1. The van der Waals surface area contributed by atoms with Gasteiger partial charge in [0.25, 0.3) is 5.91 Å². The summed E-state index contributed by atoms with van der Waals surface area (Å²) in [6.07, 6.45) is 2.37. The van der Waals surface area contributed by atoms with Gasteiger partial charge in [0.05, 0.1) is 0 Å². The predicted molar refractivity (Wildman–Crippen MR) is 119 cm³/mol. The molecule has 32 heavy (non-hydrogen) atoms. The SMILES string of the molecule is O=C(NCCc1ccccn1)c1csc(-c2ccc(OCc3ccc(F)cc3F)cc2)n1. The van der Waals surface area contributed by atoms with Gasteiger partial charge in [0.2, 0.25) is 0 Å². The van der Waals surface area contributed by atoms with Gasteiger partial charge < -0.3 is 10.1 Å². The summed E-state index contributed by atoms with van der Waals surface area (Å²) in [6, 6.07) is 16.2. The van der Waals surface area contributed by atoms with Crippen LogP contribution in [0, 0.1) is 11.6 Å². The molecule has 2 heterocycles. The van der Waals surface area contributed by atoms with Crippen molar-refractivity contribution in [2.75, 3.05) is 6.54 Å². The summed E-state index contributed by atoms with van der Waals surface area (Å²) in [5.74, 6) is -0.957. The van der Waals surface area contributed by atoms with Crippen molar-refractivity contribution < 1.29 is 18.3 Å². The largest absolute Gasteiger partial charge is 0.489 e. The molecule has 0 spiro atoms. The molecule has 0 saturated heterocycles. The van der Waals surface area contributed by atoms with Crippen LogP contribution in [0.1, 0.15) is 21.7 Å². The van der Waals surface area contributed by atoms with E-state index in [0.29, 0.717) is 29.4 Å². The molecular formula is C24H19F2N3O2S. The number of amides is 1. The average Bonchev–Trinajstić information content (AvgIpc) is 3.30. The van der Waals surface area contributed by atoms with Crippen molar-refractivity contribution in [1.82, 2.24) is 15.3 Å². The minimum absolute atomic E-state index is 0.00840. The summed E-state index contributed by atoms with van der Waals surface area (Å²) in [5.41, 5.74) is 2.38. The first kappa shape index (κ1) is 21.6. The van der Waals surface area contributed by atoms with Crippen molar-refractivity contribution in [2.45, 2.75) is 13.0 Å². The Morgan fingerprint density at radius 3 is 2.66 bits per heavy atom. The van der Waals surface area contributed by atoms with Crippen molar-refractivity contribution in [3.8, 4) is 16.3 Å². The summed E-state index contributed by atoms with van der Waals surface area (Å²) in [6.45, 7) is 0.467. The van der Waals surface area contributed by atoms with E-state index in [1.807, 2.05) is 30.3 Å². The molecule has 0 aliphatic rings. The zero-order valence-corrected chi connectivity index (χ0v) is 17.7. The van der Waals surface area contributed by atoms with E-state index in [1.165, 1.54) is 23.5 Å². The molecule has 1 N–H and O–H groups in total. The number of nitrogens with one attached hydrogen (secondary N) is 1. The Morgan fingerprint density at radius 1 is 1.06 bits per heavy atom. The van der Waals surface area contributed by atoms with E-state index in [-0.39, 0.29) is 18.1 Å². The van der Waals surface area contributed by atoms with E-state index >= 15 is 0 Å². The molecule has 2 aromatic heterocycles. The monoisotopic (exact) mass is 451 g/mol. The first-order chi connectivity index (χ1) is 15.6. The number of rotatable bonds is 8. The van der Waals surface area contributed by atoms with Crippen molar-refractivity contribution >= 4 is 17.2 Å². The maximum Gasteiger partial charge on any atom is 0.270 e. The number of pyridine rings is 1. The molecule has 2 aromatic carbocycles. The maximum absolute atomic E-state index is 13.7. The second-order valence-corrected chi connectivity index (χ2v) is 7.77. The first-order valence-corrected chi connectivity index (χ1v) is 10.8. The average molecular weight is 451 g/mol. The van der Waals surface area contributed by atoms with Crippen LogP contribution in [0.3, 0.4) is 0 Å². The standard InChI is InChI=1S/C24H19F2N3O2S/c25-18-7-4-17(21(26)13-18)14-31-20-8-5-16(6-9-20)24-29-22(15-32-24)23(30)28-12-10-19-3-1-2-11-27-19/h1-9,11,13,15H,10,12,14H2,(H,28,30). The quantitative estimate of drug-likeness (QED) is 0.408. The molecule has 0 saturated carbocycles. The summed E-state index contributed by atoms with van der Waals surface area (Å²) in [4.78, 5) is 21.0. The van der Waals surface area contributed by atoms with Crippen LogP contribution in [0.15, 0.2) is 72.2 Å². The normalized spacial score (nSPS) is 10.7. The van der Waals surface area contributed by atoms with Crippen LogP contribution in [0.25, 0.3) is 10.6 Å². The van der Waals surface area contributed by atoms with Crippen LogP contribution < -0.4 is 10.1 Å². The Hall–Kier alpha value is -3.65. The number of carbonyl (C=O) groups is 1. The maximum atomic E-state index is 13.7. The molecule has 0 atom stereocenters. The number of hydrogen-bond donors (Lipinski definition) is 1. The minimum Gasteiger partial charge on any atom is -0.489 e. The number of ether oxygens (including phenoxy) is 1. The molecule has 0 radical (unpaired) electrons. The van der Waals surface area contributed by atoms with Crippen molar-refractivity contribution in [2.24, 2.45) is 0 Å². The van der Waals surface area contributed by atoms with Gasteiger partial charge in [0.1, 0.15) is 34.7 Å². The Labute approximate surface area is 187 Å². The van der Waals surface area contributed by atoms with Gasteiger partial charge in [-0.2, -0.15) is 0 Å². The third-order valence-electron chi connectivity index (χ3n) is 4.64. The van der Waals surface area contributed by atoms with E-state index in [1.54, 1.807) is 23.7 Å². The van der Waals surface area contributed by atoms with Gasteiger partial charge in [0.15, 0.2) is 0 Å². The summed E-state index contributed by atoms with van der Waals surface area (Å²) in [5, 5.41) is 5.27. The molecule has 0 unspecified atom stereocenters. The van der Waals surface area contributed by atoms with Gasteiger partial charge in [-0.15, -0.1) is 11.3 Å². The third kappa shape index (κ3) is 5.53. The topological polar surface area (TPSA) is 64.1 Å². The van der Waals surface area contributed by atoms with Crippen molar-refractivity contribution in [3.05, 3.63) is 101 Å². The highest BCUT2D eigenvalue weighted by Crippen LogP contribution is 2.26. The predicted octanol–water partition coefficient (Wildman–Crippen LogP) is 5.03. The number of carbonyl (C=O) groups excluding carboxylic acids is 1. The van der Waals surface area contributed by atoms with Gasteiger partial charge in [-0.3, -0.25) is 9.78 Å². The molecule has 0 aliphatic heterocycles. The third-order valence-corrected chi connectivity index (χ3v) is 5.53. The first-order valence-electron chi connectivity index (χ1n) is 9.89. The Kier molecular flexibility index (Phi) is 6.81. The fourth-order valence-electron chi connectivity index (χ4n) is 2.94. The highest BCUT2D eigenvalue weighted by Gasteiger charge is 2.12. The molecule has 5 nitrogen and oxygen atoms in total. The Bertz CT molecular complexity index is 1200. The van der Waals surface area contributed by atoms with Gasteiger partial charge in [-0.1, -0.05) is 6.07 Å². The van der Waals surface area contributed by atoms with Crippen LogP contribution in [0.5, 0.6) is 5.75 Å². The van der Waals surface area contributed by atoms with Crippen LogP contribution >= 0.6 is 11.3 Å². The molecule has 162 valence electrons. The minimum atomic E-state index is -0.643. The summed E-state index contributed by atoms with van der Waals surface area (Å²) >= 11 is 1.37. The number of nitrogens with zero attached hydrogens (tertiary/aromatic N) is 2. The lowest BCUT2D eigenvalue weighted by molar-refractivity contribution is 0.0950. The van der Waals surface area contributed by atoms with Gasteiger partial charge in [-0.05, 0) is 48.5 Å². The number of aromatic nitrogens is 2. The fraction of sp³-hybridized carbons (Fsp3) is 0.125. The fourth-order valence-corrected chi connectivity index (χ4v) is 3.75. The molecule has 0 fully saturated rings. The van der Waals surface area contributed by atoms with Crippen molar-refractivity contribution in [1.29, 1.82) is 0 Å². The molecule has 4 rings (SSSR count). The van der Waals surface area contributed by atoms with E-state index in [9.17, 15) is 13.6 Å². The lowest BCUT2D eigenvalue weighted by atomic mass is 10.2. The lowest BCUT2D eigenvalue weighted by Gasteiger charge is -2.08. The number of hydrogen-bond acceptors (Lipinski definition) is 5. The molecular weight excluding hydrogens is 432 g/mol. The van der Waals surface area contributed by atoms with Crippen molar-refractivity contribution in [3.63, 3.8) is 0 Å². The van der Waals surface area contributed by atoms with Gasteiger partial charge >= 0.3 is 0 Å². The second-order valence-electron chi connectivity index (χ2n) is 6.91. The Balaban J connectivity index is 1.32. The highest BCUT2D eigenvalue weighted by molar-refractivity contribution is 7.13. The van der Waals surface area contributed by atoms with E-state index in [0.717, 1.165) is 17.3 Å². The number of halogens is 2. The zero-order chi connectivity index (χ0) is 22.3. The Morgan fingerprint density at radius 2 is 1.91 bits per heavy atom. The van der Waals surface area contributed by atoms with Crippen LogP contribution in [0.2, 0.25) is 0 Å². The summed E-state index contributed by atoms with van der Waals surface area (Å²) in [7, 11) is 0. The van der Waals surface area contributed by atoms with E-state index in [2.05, 4.69) is 15.3 Å². The summed E-state index contributed by atoms with van der Waals surface area (Å²) < 4.78 is 32.3. The zero-order valence-electron chi connectivity index (χ0n) is 16.9. The smallest absolute Gasteiger partial charge is 0.270 e. The van der Waals surface area contributed by atoms with E-state index in [4.69, 9.17) is 4.74 Å². The number of benzene rings is 2. The van der Waals surface area contributed by atoms with Crippen LogP contribution in [-0.4, -0.2) is 22.4 Å². The molecule has 0 aliphatic carbocycles. The van der Waals surface area contributed by atoms with Gasteiger partial charge in [-0.25, -0.2) is 13.8 Å². The van der Waals surface area contributed by atoms with E-state index < -0.39 is 11.6 Å². The van der Waals surface area contributed by atoms with Crippen LogP contribution in [0.4, 0.5) is 8.78 Å². The molecule has 0 bridgehead atoms. The molecule has 8 heteroatoms. The van der Waals surface area contributed by atoms with Crippen LogP contribution in [-0.2, 0) is 13.0 Å². The highest BCUT2D eigenvalue weighted by atomic mass is 32.1. The molecule has 4 aromatic rings.